The van der Waals surface area contributed by atoms with Crippen LogP contribution in [0.25, 0.3) is 5.69 Å². The lowest BCUT2D eigenvalue weighted by Crippen LogP contribution is -2.28. The summed E-state index contributed by atoms with van der Waals surface area (Å²) in [5.41, 5.74) is -0.106. The molecule has 1 atom stereocenters. The summed E-state index contributed by atoms with van der Waals surface area (Å²) in [5, 5.41) is 7.08. The molecule has 3 heterocycles. The second kappa shape index (κ2) is 10.7. The van der Waals surface area contributed by atoms with Gasteiger partial charge in [0.05, 0.1) is 36.9 Å². The molecule has 1 aromatic carbocycles. The minimum atomic E-state index is -0.744. The second-order valence-corrected chi connectivity index (χ2v) is 9.65. The van der Waals surface area contributed by atoms with Gasteiger partial charge in [-0.3, -0.25) is 9.36 Å². The Balaban J connectivity index is 1.51. The summed E-state index contributed by atoms with van der Waals surface area (Å²) in [7, 11) is 1.44. The number of aromatic nitrogens is 5. The highest BCUT2D eigenvalue weighted by Gasteiger charge is 2.27. The first-order valence-electron chi connectivity index (χ1n) is 12.8. The Morgan fingerprint density at radius 2 is 1.89 bits per heavy atom. The van der Waals surface area contributed by atoms with Crippen molar-refractivity contribution in [1.29, 1.82) is 0 Å². The molecule has 5 rings (SSSR count). The molecule has 1 N–H and O–H groups in total. The zero-order valence-corrected chi connectivity index (χ0v) is 21.1. The standard InChI is InChI=1S/C26H31FN6O4/c1-16(17-8-4-3-5-9-17)37-22-13-21(33-26(35)32-11-7-6-10-23(32)31-33)20(27)12-19(22)24(34)30-18-14-28-25(36-2)29-15-18/h12-17H,3-11H2,1-2H3,(H,30,34)/t16-/m0/s1. The van der Waals surface area contributed by atoms with Gasteiger partial charge in [-0.25, -0.2) is 19.2 Å². The number of halogens is 1. The number of methoxy groups -OCH3 is 1. The van der Waals surface area contributed by atoms with Crippen LogP contribution in [0.3, 0.4) is 0 Å². The predicted molar refractivity (Wildman–Crippen MR) is 134 cm³/mol. The smallest absolute Gasteiger partial charge is 0.350 e. The lowest BCUT2D eigenvalue weighted by molar-refractivity contribution is 0.0997. The zero-order chi connectivity index (χ0) is 25.9. The molecule has 1 aliphatic heterocycles. The average Bonchev–Trinajstić information content (AvgIpc) is 3.26. The van der Waals surface area contributed by atoms with Crippen LogP contribution < -0.4 is 20.5 Å². The van der Waals surface area contributed by atoms with Crippen molar-refractivity contribution in [3.8, 4) is 17.4 Å². The van der Waals surface area contributed by atoms with E-state index in [0.29, 0.717) is 30.4 Å². The number of anilines is 1. The van der Waals surface area contributed by atoms with Crippen LogP contribution in [0.1, 0.15) is 68.1 Å². The Labute approximate surface area is 213 Å². The van der Waals surface area contributed by atoms with Crippen molar-refractivity contribution in [2.45, 2.75) is 70.9 Å². The number of aryl methyl sites for hydroxylation is 1. The fourth-order valence-corrected chi connectivity index (χ4v) is 5.12. The van der Waals surface area contributed by atoms with Gasteiger partial charge in [0, 0.05) is 19.0 Å². The number of nitrogens with zero attached hydrogens (tertiary/aromatic N) is 5. The van der Waals surface area contributed by atoms with Crippen LogP contribution >= 0.6 is 0 Å². The van der Waals surface area contributed by atoms with Crippen LogP contribution in [0, 0.1) is 11.7 Å². The minimum Gasteiger partial charge on any atom is -0.490 e. The number of nitrogens with one attached hydrogen (secondary N) is 1. The lowest BCUT2D eigenvalue weighted by Gasteiger charge is -2.29. The van der Waals surface area contributed by atoms with Crippen LogP contribution in [0.2, 0.25) is 0 Å². The Kier molecular flexibility index (Phi) is 7.20. The van der Waals surface area contributed by atoms with E-state index in [4.69, 9.17) is 9.47 Å². The number of benzene rings is 1. The van der Waals surface area contributed by atoms with Gasteiger partial charge in [-0.2, -0.15) is 4.68 Å². The summed E-state index contributed by atoms with van der Waals surface area (Å²) >= 11 is 0. The third kappa shape index (κ3) is 5.21. The summed E-state index contributed by atoms with van der Waals surface area (Å²) in [6.45, 7) is 2.53. The number of amides is 1. The van der Waals surface area contributed by atoms with Crippen molar-refractivity contribution in [3.05, 3.63) is 52.2 Å². The molecule has 1 fully saturated rings. The molecule has 0 bridgehead atoms. The molecule has 2 aromatic heterocycles. The molecule has 0 saturated heterocycles. The number of hydrogen-bond acceptors (Lipinski definition) is 7. The van der Waals surface area contributed by atoms with E-state index in [1.807, 2.05) is 6.92 Å². The number of rotatable bonds is 7. The van der Waals surface area contributed by atoms with Crippen LogP contribution in [-0.4, -0.2) is 43.4 Å². The molecule has 11 heteroatoms. The number of ether oxygens (including phenoxy) is 2. The Hall–Kier alpha value is -3.76. The molecule has 2 aliphatic rings. The van der Waals surface area contributed by atoms with Crippen LogP contribution in [0.5, 0.6) is 11.8 Å². The quantitative estimate of drug-likeness (QED) is 0.513. The molecule has 0 unspecified atom stereocenters. The number of carbonyl (C=O) groups is 1. The Morgan fingerprint density at radius 1 is 1.14 bits per heavy atom. The van der Waals surface area contributed by atoms with E-state index < -0.39 is 17.4 Å². The van der Waals surface area contributed by atoms with Gasteiger partial charge in [-0.1, -0.05) is 19.3 Å². The maximum absolute atomic E-state index is 15.5. The maximum Gasteiger partial charge on any atom is 0.350 e. The van der Waals surface area contributed by atoms with E-state index in [-0.39, 0.29) is 29.1 Å². The molecule has 3 aromatic rings. The van der Waals surface area contributed by atoms with Crippen molar-refractivity contribution in [2.24, 2.45) is 5.92 Å². The van der Waals surface area contributed by atoms with Gasteiger partial charge in [0.25, 0.3) is 5.91 Å². The first-order valence-corrected chi connectivity index (χ1v) is 12.8. The van der Waals surface area contributed by atoms with E-state index in [2.05, 4.69) is 20.4 Å². The van der Waals surface area contributed by atoms with Crippen LogP contribution in [0.15, 0.2) is 29.3 Å². The minimum absolute atomic E-state index is 0.0109. The summed E-state index contributed by atoms with van der Waals surface area (Å²) < 4.78 is 29.4. The SMILES string of the molecule is COc1ncc(NC(=O)c2cc(F)c(-n3nc4n(c3=O)CCCC4)cc2O[C@@H](C)C2CCCCC2)cn1. The highest BCUT2D eigenvalue weighted by Crippen LogP contribution is 2.32. The number of hydrogen-bond donors (Lipinski definition) is 1. The van der Waals surface area contributed by atoms with Gasteiger partial charge in [0.15, 0.2) is 0 Å². The first kappa shape index (κ1) is 24.9. The molecular formula is C26H31FN6O4. The summed E-state index contributed by atoms with van der Waals surface area (Å²) in [5.74, 6) is -0.169. The van der Waals surface area contributed by atoms with Gasteiger partial charge in [-0.15, -0.1) is 5.10 Å². The zero-order valence-electron chi connectivity index (χ0n) is 21.1. The molecule has 0 radical (unpaired) electrons. The molecule has 0 spiro atoms. The second-order valence-electron chi connectivity index (χ2n) is 9.65. The van der Waals surface area contributed by atoms with Crippen molar-refractivity contribution in [2.75, 3.05) is 12.4 Å². The van der Waals surface area contributed by atoms with E-state index in [1.165, 1.54) is 32.0 Å². The summed E-state index contributed by atoms with van der Waals surface area (Å²) in [6.07, 6.45) is 10.6. The highest BCUT2D eigenvalue weighted by molar-refractivity contribution is 6.06. The largest absolute Gasteiger partial charge is 0.490 e. The van der Waals surface area contributed by atoms with Crippen LogP contribution in [-0.2, 0) is 13.0 Å². The van der Waals surface area contributed by atoms with Gasteiger partial charge < -0.3 is 14.8 Å². The summed E-state index contributed by atoms with van der Waals surface area (Å²) in [4.78, 5) is 34.2. The van der Waals surface area contributed by atoms with Gasteiger partial charge >= 0.3 is 11.7 Å². The fourth-order valence-electron chi connectivity index (χ4n) is 5.12. The number of fused-ring (bicyclic) bond motifs is 1. The molecule has 1 amide bonds. The van der Waals surface area contributed by atoms with E-state index >= 15 is 4.39 Å². The molecule has 37 heavy (non-hydrogen) atoms. The molecular weight excluding hydrogens is 479 g/mol. The third-order valence-corrected chi connectivity index (χ3v) is 7.19. The molecule has 10 nitrogen and oxygen atoms in total. The van der Waals surface area contributed by atoms with Crippen LogP contribution in [0.4, 0.5) is 10.1 Å². The molecule has 1 saturated carbocycles. The number of carbonyl (C=O) groups excluding carboxylic acids is 1. The lowest BCUT2D eigenvalue weighted by atomic mass is 9.86. The third-order valence-electron chi connectivity index (χ3n) is 7.19. The topological polar surface area (TPSA) is 113 Å². The fraction of sp³-hybridized carbons (Fsp3) is 0.500. The van der Waals surface area contributed by atoms with E-state index in [0.717, 1.165) is 49.3 Å². The van der Waals surface area contributed by atoms with Gasteiger partial charge in [-0.05, 0) is 44.6 Å². The summed E-state index contributed by atoms with van der Waals surface area (Å²) in [6, 6.07) is 2.67. The predicted octanol–water partition coefficient (Wildman–Crippen LogP) is 3.91. The van der Waals surface area contributed by atoms with E-state index in [9.17, 15) is 9.59 Å². The van der Waals surface area contributed by atoms with Gasteiger partial charge in [0.1, 0.15) is 23.1 Å². The molecule has 1 aliphatic carbocycles. The van der Waals surface area contributed by atoms with Gasteiger partial charge in [0.2, 0.25) is 0 Å². The van der Waals surface area contributed by atoms with Crippen molar-refractivity contribution in [3.63, 3.8) is 0 Å². The molecule has 196 valence electrons. The first-order chi connectivity index (χ1) is 17.9. The normalized spacial score (nSPS) is 16.6. The Bertz CT molecular complexity index is 1330. The van der Waals surface area contributed by atoms with Crippen molar-refractivity contribution in [1.82, 2.24) is 24.3 Å². The monoisotopic (exact) mass is 510 g/mol. The highest BCUT2D eigenvalue weighted by atomic mass is 19.1. The van der Waals surface area contributed by atoms with Crippen molar-refractivity contribution < 1.29 is 18.7 Å². The van der Waals surface area contributed by atoms with E-state index in [1.54, 1.807) is 4.57 Å². The Morgan fingerprint density at radius 3 is 2.59 bits per heavy atom. The van der Waals surface area contributed by atoms with Crippen molar-refractivity contribution >= 4 is 11.6 Å². The average molecular weight is 511 g/mol. The maximum atomic E-state index is 15.5.